The van der Waals surface area contributed by atoms with Crippen LogP contribution in [0.25, 0.3) is 0 Å². The van der Waals surface area contributed by atoms with Gasteiger partial charge in [-0.15, -0.1) is 0 Å². The van der Waals surface area contributed by atoms with Gasteiger partial charge in [-0.25, -0.2) is 13.6 Å². The van der Waals surface area contributed by atoms with Crippen LogP contribution in [0.5, 0.6) is 0 Å². The van der Waals surface area contributed by atoms with Gasteiger partial charge in [-0.05, 0) is 31.4 Å². The van der Waals surface area contributed by atoms with Gasteiger partial charge in [0, 0.05) is 6.54 Å². The number of carboxylic acids is 1. The molecule has 2 N–H and O–H groups in total. The molecule has 2 rings (SSSR count). The summed E-state index contributed by atoms with van der Waals surface area (Å²) in [6, 6.07) is 2.55. The first kappa shape index (κ1) is 13.7. The summed E-state index contributed by atoms with van der Waals surface area (Å²) in [6.07, 6.45) is -0.195. The Kier molecular flexibility index (Phi) is 3.99. The van der Waals surface area contributed by atoms with Crippen LogP contribution in [0.15, 0.2) is 12.1 Å². The van der Waals surface area contributed by atoms with E-state index in [0.29, 0.717) is 18.4 Å². The smallest absolute Gasteiger partial charge is 0.332 e. The summed E-state index contributed by atoms with van der Waals surface area (Å²) >= 11 is 0. The molecule has 1 fully saturated rings. The zero-order valence-corrected chi connectivity index (χ0v) is 10.5. The van der Waals surface area contributed by atoms with Gasteiger partial charge in [-0.3, -0.25) is 0 Å². The average molecular weight is 271 g/mol. The molecule has 0 aliphatic carbocycles. The van der Waals surface area contributed by atoms with E-state index in [-0.39, 0.29) is 18.3 Å². The molecule has 2 atom stereocenters. The highest BCUT2D eigenvalue weighted by molar-refractivity contribution is 5.72. The van der Waals surface area contributed by atoms with Crippen LogP contribution in [0.2, 0.25) is 0 Å². The molecular weight excluding hydrogens is 256 g/mol. The first-order valence-electron chi connectivity index (χ1n) is 6.05. The number of hydrogen-bond acceptors (Lipinski definition) is 3. The molecular formula is C13H15F2NO3. The van der Waals surface area contributed by atoms with E-state index in [4.69, 9.17) is 9.84 Å². The zero-order valence-electron chi connectivity index (χ0n) is 10.5. The van der Waals surface area contributed by atoms with E-state index in [2.05, 4.69) is 5.32 Å². The first-order chi connectivity index (χ1) is 8.99. The minimum Gasteiger partial charge on any atom is -0.479 e. The molecule has 0 spiro atoms. The van der Waals surface area contributed by atoms with E-state index in [1.54, 1.807) is 6.92 Å². The van der Waals surface area contributed by atoms with Crippen molar-refractivity contribution in [1.82, 2.24) is 0 Å². The molecule has 1 aromatic rings. The molecule has 19 heavy (non-hydrogen) atoms. The predicted octanol–water partition coefficient (Wildman–Crippen LogP) is 2.32. The third-order valence-corrected chi connectivity index (χ3v) is 3.17. The monoisotopic (exact) mass is 271 g/mol. The molecule has 1 aliphatic rings. The van der Waals surface area contributed by atoms with Crippen LogP contribution in [0.3, 0.4) is 0 Å². The van der Waals surface area contributed by atoms with Gasteiger partial charge >= 0.3 is 5.97 Å². The quantitative estimate of drug-likeness (QED) is 0.882. The highest BCUT2D eigenvalue weighted by Gasteiger charge is 2.30. The SMILES string of the molecule is Cc1ccc(F)c(NCC2CCC(C(=O)O)O2)c1F. The first-order valence-corrected chi connectivity index (χ1v) is 6.05. The molecule has 0 saturated carbocycles. The van der Waals surface area contributed by atoms with Crippen LogP contribution in [-0.2, 0) is 9.53 Å². The Hall–Kier alpha value is -1.69. The summed E-state index contributed by atoms with van der Waals surface area (Å²) in [6.45, 7) is 1.73. The number of aryl methyl sites for hydroxylation is 1. The molecule has 2 unspecified atom stereocenters. The van der Waals surface area contributed by atoms with Gasteiger partial charge < -0.3 is 15.2 Å². The van der Waals surface area contributed by atoms with Crippen molar-refractivity contribution in [1.29, 1.82) is 0 Å². The number of hydrogen-bond donors (Lipinski definition) is 2. The molecule has 1 saturated heterocycles. The number of carboxylic acid groups (broad SMARTS) is 1. The lowest BCUT2D eigenvalue weighted by Gasteiger charge is -2.15. The number of ether oxygens (including phenoxy) is 1. The van der Waals surface area contributed by atoms with Gasteiger partial charge in [-0.2, -0.15) is 0 Å². The van der Waals surface area contributed by atoms with E-state index >= 15 is 0 Å². The minimum atomic E-state index is -1.00. The molecule has 0 bridgehead atoms. The van der Waals surface area contributed by atoms with Crippen molar-refractivity contribution in [2.24, 2.45) is 0 Å². The summed E-state index contributed by atoms with van der Waals surface area (Å²) in [7, 11) is 0. The Morgan fingerprint density at radius 3 is 2.84 bits per heavy atom. The van der Waals surface area contributed by atoms with Gasteiger partial charge in [0.1, 0.15) is 11.5 Å². The van der Waals surface area contributed by atoms with E-state index in [0.717, 1.165) is 0 Å². The maximum atomic E-state index is 13.7. The molecule has 4 nitrogen and oxygen atoms in total. The molecule has 104 valence electrons. The van der Waals surface area contributed by atoms with Crippen LogP contribution in [-0.4, -0.2) is 29.8 Å². The predicted molar refractivity (Wildman–Crippen MR) is 65.1 cm³/mol. The third kappa shape index (κ3) is 3.01. The zero-order chi connectivity index (χ0) is 14.0. The fourth-order valence-corrected chi connectivity index (χ4v) is 2.07. The Balaban J connectivity index is 1.97. The third-order valence-electron chi connectivity index (χ3n) is 3.17. The lowest BCUT2D eigenvalue weighted by molar-refractivity contribution is -0.149. The van der Waals surface area contributed by atoms with E-state index in [9.17, 15) is 13.6 Å². The summed E-state index contributed by atoms with van der Waals surface area (Å²) < 4.78 is 32.4. The van der Waals surface area contributed by atoms with Gasteiger partial charge in [0.2, 0.25) is 0 Å². The van der Waals surface area contributed by atoms with Crippen molar-refractivity contribution in [2.75, 3.05) is 11.9 Å². The van der Waals surface area contributed by atoms with Gasteiger partial charge in [0.25, 0.3) is 0 Å². The molecule has 0 radical (unpaired) electrons. The van der Waals surface area contributed by atoms with E-state index in [1.165, 1.54) is 12.1 Å². The topological polar surface area (TPSA) is 58.6 Å². The number of rotatable bonds is 4. The summed E-state index contributed by atoms with van der Waals surface area (Å²) in [5.74, 6) is -2.31. The van der Waals surface area contributed by atoms with E-state index in [1.807, 2.05) is 0 Å². The lowest BCUT2D eigenvalue weighted by atomic mass is 10.1. The van der Waals surface area contributed by atoms with Crippen molar-refractivity contribution in [3.05, 3.63) is 29.3 Å². The maximum absolute atomic E-state index is 13.7. The Morgan fingerprint density at radius 1 is 1.47 bits per heavy atom. The number of halogens is 2. The highest BCUT2D eigenvalue weighted by atomic mass is 19.1. The number of benzene rings is 1. The number of carbonyl (C=O) groups is 1. The second-order valence-corrected chi connectivity index (χ2v) is 4.60. The number of anilines is 1. The van der Waals surface area contributed by atoms with Crippen LogP contribution < -0.4 is 5.32 Å². The van der Waals surface area contributed by atoms with Crippen molar-refractivity contribution < 1.29 is 23.4 Å². The second-order valence-electron chi connectivity index (χ2n) is 4.60. The molecule has 0 amide bonds. The highest BCUT2D eigenvalue weighted by Crippen LogP contribution is 2.24. The standard InChI is InChI=1S/C13H15F2NO3/c1-7-2-4-9(14)12(11(7)15)16-6-8-3-5-10(19-8)13(17)18/h2,4,8,10,16H,3,5-6H2,1H3,(H,17,18). The van der Waals surface area contributed by atoms with Crippen LogP contribution >= 0.6 is 0 Å². The fourth-order valence-electron chi connectivity index (χ4n) is 2.07. The molecule has 1 heterocycles. The molecule has 6 heteroatoms. The maximum Gasteiger partial charge on any atom is 0.332 e. The Bertz CT molecular complexity index is 493. The van der Waals surface area contributed by atoms with Gasteiger partial charge in [0.15, 0.2) is 11.9 Å². The van der Waals surface area contributed by atoms with E-state index < -0.39 is 23.7 Å². The largest absolute Gasteiger partial charge is 0.479 e. The van der Waals surface area contributed by atoms with Crippen LogP contribution in [0, 0.1) is 18.6 Å². The van der Waals surface area contributed by atoms with Crippen molar-refractivity contribution >= 4 is 11.7 Å². The number of nitrogens with one attached hydrogen (secondary N) is 1. The summed E-state index contributed by atoms with van der Waals surface area (Å²) in [5.41, 5.74) is 0.155. The Morgan fingerprint density at radius 2 is 2.21 bits per heavy atom. The molecule has 1 aromatic carbocycles. The van der Waals surface area contributed by atoms with Crippen molar-refractivity contribution in [3.63, 3.8) is 0 Å². The van der Waals surface area contributed by atoms with Crippen molar-refractivity contribution in [3.8, 4) is 0 Å². The van der Waals surface area contributed by atoms with Crippen LogP contribution in [0.4, 0.5) is 14.5 Å². The minimum absolute atomic E-state index is 0.182. The summed E-state index contributed by atoms with van der Waals surface area (Å²) in [5, 5.41) is 11.4. The number of aliphatic carboxylic acids is 1. The second kappa shape index (κ2) is 5.52. The average Bonchev–Trinajstić information content (AvgIpc) is 2.83. The van der Waals surface area contributed by atoms with Crippen LogP contribution in [0.1, 0.15) is 18.4 Å². The van der Waals surface area contributed by atoms with Crippen molar-refractivity contribution in [2.45, 2.75) is 32.0 Å². The normalized spacial score (nSPS) is 22.5. The fraction of sp³-hybridized carbons (Fsp3) is 0.462. The Labute approximate surface area is 109 Å². The summed E-state index contributed by atoms with van der Waals surface area (Å²) in [4.78, 5) is 10.7. The molecule has 0 aromatic heterocycles. The van der Waals surface area contributed by atoms with Gasteiger partial charge in [-0.1, -0.05) is 6.07 Å². The lowest BCUT2D eigenvalue weighted by Crippen LogP contribution is -2.25. The van der Waals surface area contributed by atoms with Gasteiger partial charge in [0.05, 0.1) is 6.10 Å². The molecule has 1 aliphatic heterocycles.